The molecule has 0 fully saturated rings. The number of nitrogens with two attached hydrogens (primary N) is 1. The van der Waals surface area contributed by atoms with Gasteiger partial charge in [-0.25, -0.2) is 0 Å². The molecule has 4 N–H and O–H groups in total. The largest absolute Gasteiger partial charge is 0.355 e. The van der Waals surface area contributed by atoms with Gasteiger partial charge in [0.05, 0.1) is 0 Å². The van der Waals surface area contributed by atoms with Crippen LogP contribution >= 0.6 is 0 Å². The first kappa shape index (κ1) is 15.2. The van der Waals surface area contributed by atoms with E-state index in [0.29, 0.717) is 11.3 Å². The van der Waals surface area contributed by atoms with Gasteiger partial charge in [-0.15, -0.1) is 0 Å². The van der Waals surface area contributed by atoms with Gasteiger partial charge in [0.1, 0.15) is 0 Å². The van der Waals surface area contributed by atoms with Crippen LogP contribution in [0.25, 0.3) is 0 Å². The summed E-state index contributed by atoms with van der Waals surface area (Å²) >= 11 is 0. The number of amides is 2. The molecule has 104 valence electrons. The summed E-state index contributed by atoms with van der Waals surface area (Å²) in [6, 6.07) is 5.18. The van der Waals surface area contributed by atoms with Crippen LogP contribution in [0.2, 0.25) is 0 Å². The van der Waals surface area contributed by atoms with E-state index in [1.807, 2.05) is 6.92 Å². The summed E-state index contributed by atoms with van der Waals surface area (Å²) in [5.41, 5.74) is 7.29. The lowest BCUT2D eigenvalue weighted by molar-refractivity contribution is -0.117. The molecule has 0 aromatic heterocycles. The number of hydrogen-bond donors (Lipinski definition) is 3. The lowest BCUT2D eigenvalue weighted by Crippen LogP contribution is -2.36. The lowest BCUT2D eigenvalue weighted by Gasteiger charge is -2.18. The van der Waals surface area contributed by atoms with Crippen molar-refractivity contribution in [3.05, 3.63) is 29.3 Å². The van der Waals surface area contributed by atoms with Gasteiger partial charge in [0.15, 0.2) is 0 Å². The number of carbonyl (C=O) groups is 2. The highest BCUT2D eigenvalue weighted by atomic mass is 16.2. The second kappa shape index (κ2) is 5.84. The second-order valence-corrected chi connectivity index (χ2v) is 5.32. The Bertz CT molecular complexity index is 490. The number of carbonyl (C=O) groups excluding carboxylic acids is 2. The number of aryl methyl sites for hydroxylation is 1. The third-order valence-electron chi connectivity index (χ3n) is 2.62. The van der Waals surface area contributed by atoms with E-state index in [-0.39, 0.29) is 18.2 Å². The predicted octanol–water partition coefficient (Wildman–Crippen LogP) is 1.42. The standard InChI is InChI=1S/C14H21N3O2/c1-9-5-6-10(13(19)16-4)7-11(9)17-12(18)8-14(2,3)15/h5-7H,8,15H2,1-4H3,(H,16,19)(H,17,18). The molecule has 5 nitrogen and oxygen atoms in total. The third-order valence-corrected chi connectivity index (χ3v) is 2.62. The van der Waals surface area contributed by atoms with Gasteiger partial charge >= 0.3 is 0 Å². The predicted molar refractivity (Wildman–Crippen MR) is 76.1 cm³/mol. The fraction of sp³-hybridized carbons (Fsp3) is 0.429. The third kappa shape index (κ3) is 4.71. The number of rotatable bonds is 4. The van der Waals surface area contributed by atoms with Crippen molar-refractivity contribution in [3.8, 4) is 0 Å². The van der Waals surface area contributed by atoms with E-state index in [4.69, 9.17) is 5.73 Å². The van der Waals surface area contributed by atoms with Crippen LogP contribution in [0.1, 0.15) is 36.2 Å². The van der Waals surface area contributed by atoms with Crippen LogP contribution in [-0.2, 0) is 4.79 Å². The molecule has 1 aromatic rings. The summed E-state index contributed by atoms with van der Waals surface area (Å²) < 4.78 is 0. The van der Waals surface area contributed by atoms with Gasteiger partial charge in [-0.05, 0) is 38.5 Å². The van der Waals surface area contributed by atoms with E-state index in [0.717, 1.165) is 5.56 Å². The molecule has 0 unspecified atom stereocenters. The molecule has 0 bridgehead atoms. The van der Waals surface area contributed by atoms with Gasteiger partial charge in [0.25, 0.3) is 5.91 Å². The lowest BCUT2D eigenvalue weighted by atomic mass is 10.0. The van der Waals surface area contributed by atoms with Crippen molar-refractivity contribution < 1.29 is 9.59 Å². The van der Waals surface area contributed by atoms with Crippen molar-refractivity contribution in [2.45, 2.75) is 32.7 Å². The first-order valence-corrected chi connectivity index (χ1v) is 6.14. The average molecular weight is 263 g/mol. The van der Waals surface area contributed by atoms with Crippen molar-refractivity contribution in [1.82, 2.24) is 5.32 Å². The quantitative estimate of drug-likeness (QED) is 0.768. The van der Waals surface area contributed by atoms with Gasteiger partial charge in [-0.3, -0.25) is 9.59 Å². The minimum absolute atomic E-state index is 0.162. The molecule has 19 heavy (non-hydrogen) atoms. The Morgan fingerprint density at radius 2 is 1.95 bits per heavy atom. The zero-order valence-corrected chi connectivity index (χ0v) is 11.8. The minimum atomic E-state index is -0.559. The maximum atomic E-state index is 11.8. The molecule has 0 saturated carbocycles. The first-order valence-electron chi connectivity index (χ1n) is 6.14. The minimum Gasteiger partial charge on any atom is -0.355 e. The molecular weight excluding hydrogens is 242 g/mol. The molecule has 0 heterocycles. The van der Waals surface area contributed by atoms with E-state index in [2.05, 4.69) is 10.6 Å². The van der Waals surface area contributed by atoms with E-state index >= 15 is 0 Å². The van der Waals surface area contributed by atoms with E-state index in [1.54, 1.807) is 39.1 Å². The van der Waals surface area contributed by atoms with Crippen LogP contribution in [0, 0.1) is 6.92 Å². The molecule has 0 spiro atoms. The molecular formula is C14H21N3O2. The van der Waals surface area contributed by atoms with Crippen LogP contribution < -0.4 is 16.4 Å². The van der Waals surface area contributed by atoms with Gasteiger partial charge in [0, 0.05) is 30.3 Å². The van der Waals surface area contributed by atoms with Crippen molar-refractivity contribution in [2.24, 2.45) is 5.73 Å². The van der Waals surface area contributed by atoms with Crippen LogP contribution in [0.15, 0.2) is 18.2 Å². The molecule has 1 rings (SSSR count). The number of nitrogens with one attached hydrogen (secondary N) is 2. The SMILES string of the molecule is CNC(=O)c1ccc(C)c(NC(=O)CC(C)(C)N)c1. The molecule has 0 aliphatic rings. The summed E-state index contributed by atoms with van der Waals surface area (Å²) in [5.74, 6) is -0.348. The highest BCUT2D eigenvalue weighted by molar-refractivity contribution is 5.97. The van der Waals surface area contributed by atoms with Gasteiger partial charge in [0.2, 0.25) is 5.91 Å². The monoisotopic (exact) mass is 263 g/mol. The van der Waals surface area contributed by atoms with Crippen molar-refractivity contribution in [1.29, 1.82) is 0 Å². The molecule has 0 saturated heterocycles. The highest BCUT2D eigenvalue weighted by Crippen LogP contribution is 2.18. The van der Waals surface area contributed by atoms with Gasteiger partial charge < -0.3 is 16.4 Å². The Kier molecular flexibility index (Phi) is 4.67. The van der Waals surface area contributed by atoms with Crippen LogP contribution in [0.5, 0.6) is 0 Å². The summed E-state index contributed by atoms with van der Waals surface area (Å²) in [7, 11) is 1.57. The number of benzene rings is 1. The van der Waals surface area contributed by atoms with Gasteiger partial charge in [-0.2, -0.15) is 0 Å². The summed E-state index contributed by atoms with van der Waals surface area (Å²) in [6.07, 6.45) is 0.219. The second-order valence-electron chi connectivity index (χ2n) is 5.32. The Balaban J connectivity index is 2.88. The Hall–Kier alpha value is -1.88. The van der Waals surface area contributed by atoms with E-state index < -0.39 is 5.54 Å². The summed E-state index contributed by atoms with van der Waals surface area (Å²) in [6.45, 7) is 5.46. The summed E-state index contributed by atoms with van der Waals surface area (Å²) in [4.78, 5) is 23.4. The maximum absolute atomic E-state index is 11.8. The topological polar surface area (TPSA) is 84.2 Å². The highest BCUT2D eigenvalue weighted by Gasteiger charge is 2.17. The first-order chi connectivity index (χ1) is 8.73. The average Bonchev–Trinajstić information content (AvgIpc) is 2.28. The fourth-order valence-electron chi connectivity index (χ4n) is 1.65. The molecule has 1 aromatic carbocycles. The Morgan fingerprint density at radius 1 is 1.32 bits per heavy atom. The van der Waals surface area contributed by atoms with Crippen LogP contribution in [0.4, 0.5) is 5.69 Å². The van der Waals surface area contributed by atoms with Crippen molar-refractivity contribution in [2.75, 3.05) is 12.4 Å². The van der Waals surface area contributed by atoms with Crippen molar-refractivity contribution in [3.63, 3.8) is 0 Å². The normalized spacial score (nSPS) is 11.0. The maximum Gasteiger partial charge on any atom is 0.251 e. The van der Waals surface area contributed by atoms with Crippen LogP contribution in [-0.4, -0.2) is 24.4 Å². The van der Waals surface area contributed by atoms with E-state index in [1.165, 1.54) is 0 Å². The fourth-order valence-corrected chi connectivity index (χ4v) is 1.65. The van der Waals surface area contributed by atoms with Gasteiger partial charge in [-0.1, -0.05) is 6.07 Å². The smallest absolute Gasteiger partial charge is 0.251 e. The Labute approximate surface area is 113 Å². The number of anilines is 1. The zero-order chi connectivity index (χ0) is 14.6. The molecule has 0 radical (unpaired) electrons. The molecule has 2 amide bonds. The molecule has 0 aliphatic heterocycles. The molecule has 5 heteroatoms. The number of hydrogen-bond acceptors (Lipinski definition) is 3. The zero-order valence-electron chi connectivity index (χ0n) is 11.8. The Morgan fingerprint density at radius 3 is 2.47 bits per heavy atom. The summed E-state index contributed by atoms with van der Waals surface area (Å²) in [5, 5.41) is 5.34. The molecule has 0 atom stereocenters. The molecule has 0 aliphatic carbocycles. The van der Waals surface area contributed by atoms with Crippen molar-refractivity contribution >= 4 is 17.5 Å². The van der Waals surface area contributed by atoms with Crippen LogP contribution in [0.3, 0.4) is 0 Å². The van der Waals surface area contributed by atoms with E-state index in [9.17, 15) is 9.59 Å².